The largest absolute Gasteiger partial charge is 0.367 e. The smallest absolute Gasteiger partial charge is 0.183 e. The van der Waals surface area contributed by atoms with Crippen LogP contribution in [0.25, 0.3) is 33.5 Å². The second-order valence-electron chi connectivity index (χ2n) is 7.52. The van der Waals surface area contributed by atoms with E-state index in [-0.39, 0.29) is 5.69 Å². The number of aryl methyl sites for hydroxylation is 1. The van der Waals surface area contributed by atoms with Crippen molar-refractivity contribution in [2.75, 3.05) is 11.9 Å². The second-order valence-corrected chi connectivity index (χ2v) is 7.92. The minimum atomic E-state index is 0.180. The van der Waals surface area contributed by atoms with Gasteiger partial charge in [0.05, 0.1) is 10.5 Å². The molecule has 10 heteroatoms. The zero-order valence-corrected chi connectivity index (χ0v) is 18.9. The van der Waals surface area contributed by atoms with Crippen LogP contribution in [0.4, 0.5) is 5.82 Å². The predicted octanol–water partition coefficient (Wildman–Crippen LogP) is 4.06. The summed E-state index contributed by atoms with van der Waals surface area (Å²) in [6.07, 6.45) is 7.37. The Balaban J connectivity index is 1.59. The number of pyridine rings is 1. The monoisotopic (exact) mass is 467 g/mol. The van der Waals surface area contributed by atoms with E-state index in [2.05, 4.69) is 36.4 Å². The molecule has 9 nitrogen and oxygen atoms in total. The van der Waals surface area contributed by atoms with E-state index in [4.69, 9.17) is 16.6 Å². The molecule has 0 saturated heterocycles. The summed E-state index contributed by atoms with van der Waals surface area (Å²) in [5, 5.41) is 18.9. The van der Waals surface area contributed by atoms with E-state index in [1.54, 1.807) is 23.1 Å². The van der Waals surface area contributed by atoms with E-state index < -0.39 is 0 Å². The standard InChI is InChI=1S/C24H18ClN9/c1-34-10-6-19(33-34)23-22(16-11-15-3-2-7-28-21(15)18(25)12-16)31-20(13-26)24(32-23)29-9-5-17-4-8-27-14-30-17/h2-4,6-8,10-12,14H,5,9H2,1H3,(H,29,32). The van der Waals surface area contributed by atoms with Crippen LogP contribution in [0, 0.1) is 11.3 Å². The summed E-state index contributed by atoms with van der Waals surface area (Å²) < 4.78 is 1.69. The third-order valence-corrected chi connectivity index (χ3v) is 5.49. The molecule has 34 heavy (non-hydrogen) atoms. The lowest BCUT2D eigenvalue weighted by molar-refractivity contribution is 0.770. The molecular formula is C24H18ClN9. The number of fused-ring (bicyclic) bond motifs is 1. The minimum Gasteiger partial charge on any atom is -0.367 e. The molecule has 4 heterocycles. The van der Waals surface area contributed by atoms with E-state index in [9.17, 15) is 5.26 Å². The first-order chi connectivity index (χ1) is 16.6. The van der Waals surface area contributed by atoms with Gasteiger partial charge in [0.25, 0.3) is 0 Å². The van der Waals surface area contributed by atoms with Gasteiger partial charge in [0.1, 0.15) is 29.5 Å². The zero-order chi connectivity index (χ0) is 23.5. The van der Waals surface area contributed by atoms with Crippen LogP contribution in [0.2, 0.25) is 5.02 Å². The molecule has 0 spiro atoms. The fourth-order valence-corrected chi connectivity index (χ4v) is 3.89. The average molecular weight is 468 g/mol. The van der Waals surface area contributed by atoms with Gasteiger partial charge >= 0.3 is 0 Å². The van der Waals surface area contributed by atoms with E-state index in [1.807, 2.05) is 43.6 Å². The number of nitriles is 1. The summed E-state index contributed by atoms with van der Waals surface area (Å²) in [6, 6.07) is 13.4. The molecular weight excluding hydrogens is 450 g/mol. The molecule has 0 bridgehead atoms. The highest BCUT2D eigenvalue weighted by molar-refractivity contribution is 6.35. The summed E-state index contributed by atoms with van der Waals surface area (Å²) >= 11 is 6.53. The molecule has 0 aliphatic rings. The van der Waals surface area contributed by atoms with Crippen LogP contribution >= 0.6 is 11.6 Å². The van der Waals surface area contributed by atoms with Crippen molar-refractivity contribution >= 4 is 28.3 Å². The molecule has 5 aromatic rings. The fourth-order valence-electron chi connectivity index (χ4n) is 3.62. The quantitative estimate of drug-likeness (QED) is 0.397. The summed E-state index contributed by atoms with van der Waals surface area (Å²) in [6.45, 7) is 0.523. The third kappa shape index (κ3) is 4.27. The van der Waals surface area contributed by atoms with Crippen molar-refractivity contribution in [3.8, 4) is 28.7 Å². The maximum absolute atomic E-state index is 9.83. The molecule has 5 rings (SSSR count). The van der Waals surface area contributed by atoms with Crippen LogP contribution in [0.15, 0.2) is 61.3 Å². The molecule has 166 valence electrons. The Bertz CT molecular complexity index is 1520. The normalized spacial score (nSPS) is 10.9. The van der Waals surface area contributed by atoms with Gasteiger partial charge in [0.15, 0.2) is 11.5 Å². The number of halogens is 1. The number of aromatic nitrogens is 7. The first-order valence-corrected chi connectivity index (χ1v) is 10.9. The molecule has 0 atom stereocenters. The SMILES string of the molecule is Cn1ccc(-c2nc(NCCc3ccncn3)c(C#N)nc2-c2cc(Cl)c3ncccc3c2)n1. The van der Waals surface area contributed by atoms with Crippen molar-refractivity contribution in [1.29, 1.82) is 5.26 Å². The van der Waals surface area contributed by atoms with Gasteiger partial charge in [-0.2, -0.15) is 10.4 Å². The molecule has 1 aromatic carbocycles. The Morgan fingerprint density at radius 1 is 1.09 bits per heavy atom. The van der Waals surface area contributed by atoms with Crippen molar-refractivity contribution < 1.29 is 0 Å². The Hall–Kier alpha value is -4.42. The highest BCUT2D eigenvalue weighted by atomic mass is 35.5. The van der Waals surface area contributed by atoms with Crippen LogP contribution in [-0.4, -0.2) is 41.2 Å². The van der Waals surface area contributed by atoms with Crippen molar-refractivity contribution in [1.82, 2.24) is 34.7 Å². The van der Waals surface area contributed by atoms with Crippen LogP contribution in [-0.2, 0) is 13.5 Å². The topological polar surface area (TPSA) is 118 Å². The number of nitrogens with zero attached hydrogens (tertiary/aromatic N) is 8. The van der Waals surface area contributed by atoms with E-state index in [0.29, 0.717) is 46.4 Å². The van der Waals surface area contributed by atoms with Gasteiger partial charge in [0.2, 0.25) is 0 Å². The number of benzene rings is 1. The predicted molar refractivity (Wildman–Crippen MR) is 129 cm³/mol. The Kier molecular flexibility index (Phi) is 5.81. The Morgan fingerprint density at radius 2 is 2.00 bits per heavy atom. The van der Waals surface area contributed by atoms with E-state index in [1.165, 1.54) is 6.33 Å². The van der Waals surface area contributed by atoms with Gasteiger partial charge in [0, 0.05) is 55.2 Å². The van der Waals surface area contributed by atoms with Gasteiger partial charge in [-0.05, 0) is 30.3 Å². The molecule has 0 radical (unpaired) electrons. The molecule has 1 N–H and O–H groups in total. The highest BCUT2D eigenvalue weighted by Gasteiger charge is 2.19. The van der Waals surface area contributed by atoms with Gasteiger partial charge in [-0.15, -0.1) is 0 Å². The van der Waals surface area contributed by atoms with Gasteiger partial charge in [-0.25, -0.2) is 19.9 Å². The van der Waals surface area contributed by atoms with Crippen LogP contribution in [0.3, 0.4) is 0 Å². The number of nitrogens with one attached hydrogen (secondary N) is 1. The van der Waals surface area contributed by atoms with Gasteiger partial charge in [-0.3, -0.25) is 9.67 Å². The summed E-state index contributed by atoms with van der Waals surface area (Å²) in [4.78, 5) is 22.0. The lowest BCUT2D eigenvalue weighted by Gasteiger charge is -2.13. The van der Waals surface area contributed by atoms with E-state index in [0.717, 1.165) is 16.6 Å². The molecule has 0 aliphatic heterocycles. The van der Waals surface area contributed by atoms with Crippen molar-refractivity contribution in [2.45, 2.75) is 6.42 Å². The maximum Gasteiger partial charge on any atom is 0.183 e. The van der Waals surface area contributed by atoms with Crippen LogP contribution in [0.1, 0.15) is 11.4 Å². The molecule has 0 aliphatic carbocycles. The second kappa shape index (κ2) is 9.21. The number of hydrogen-bond acceptors (Lipinski definition) is 8. The van der Waals surface area contributed by atoms with Crippen LogP contribution < -0.4 is 5.32 Å². The van der Waals surface area contributed by atoms with Gasteiger partial charge < -0.3 is 5.32 Å². The zero-order valence-electron chi connectivity index (χ0n) is 18.1. The van der Waals surface area contributed by atoms with Gasteiger partial charge in [-0.1, -0.05) is 17.7 Å². The van der Waals surface area contributed by atoms with Crippen molar-refractivity contribution in [3.05, 3.63) is 77.7 Å². The molecule has 0 unspecified atom stereocenters. The fraction of sp³-hybridized carbons (Fsp3) is 0.125. The lowest BCUT2D eigenvalue weighted by atomic mass is 10.0. The lowest BCUT2D eigenvalue weighted by Crippen LogP contribution is -2.11. The summed E-state index contributed by atoms with van der Waals surface area (Å²) in [5.74, 6) is 0.384. The molecule has 0 saturated carbocycles. The first kappa shape index (κ1) is 21.4. The minimum absolute atomic E-state index is 0.180. The Labute approximate surface area is 200 Å². The summed E-state index contributed by atoms with van der Waals surface area (Å²) in [7, 11) is 1.83. The molecule has 0 fully saturated rings. The molecule has 0 amide bonds. The van der Waals surface area contributed by atoms with Crippen LogP contribution in [0.5, 0.6) is 0 Å². The Morgan fingerprint density at radius 3 is 2.76 bits per heavy atom. The summed E-state index contributed by atoms with van der Waals surface area (Å²) in [5.41, 5.74) is 4.18. The van der Waals surface area contributed by atoms with E-state index >= 15 is 0 Å². The highest BCUT2D eigenvalue weighted by Crippen LogP contribution is 2.34. The third-order valence-electron chi connectivity index (χ3n) is 5.21. The van der Waals surface area contributed by atoms with Crippen molar-refractivity contribution in [2.24, 2.45) is 7.05 Å². The average Bonchev–Trinajstić information content (AvgIpc) is 3.30. The number of hydrogen-bond donors (Lipinski definition) is 1. The molecule has 4 aromatic heterocycles. The first-order valence-electron chi connectivity index (χ1n) is 10.5. The van der Waals surface area contributed by atoms with Crippen molar-refractivity contribution in [3.63, 3.8) is 0 Å². The maximum atomic E-state index is 9.83. The number of anilines is 1. The number of rotatable bonds is 6.